The third-order valence-electron chi connectivity index (χ3n) is 3.87. The number of carbonyl (C=O) groups excluding carboxylic acids is 1. The molecule has 7 heteroatoms. The largest absolute Gasteiger partial charge is 0.497 e. The van der Waals surface area contributed by atoms with Crippen LogP contribution < -0.4 is 14.8 Å². The standard InChI is InChI=1S/C21H16F3NO3/c1-27-16-8-5-9-17(13-16)28-20(26)18-10-2-3-11-19(18)25-15-7-4-6-14(12-15)21(22,23)24/h2-13,25H,1H3. The fourth-order valence-electron chi connectivity index (χ4n) is 2.53. The number of para-hydroxylation sites is 1. The lowest BCUT2D eigenvalue weighted by Gasteiger charge is -2.13. The molecular weight excluding hydrogens is 371 g/mol. The quantitative estimate of drug-likeness (QED) is 0.452. The van der Waals surface area contributed by atoms with Crippen molar-refractivity contribution in [2.24, 2.45) is 0 Å². The second kappa shape index (κ2) is 8.04. The summed E-state index contributed by atoms with van der Waals surface area (Å²) in [5, 5.41) is 2.85. The molecule has 4 nitrogen and oxygen atoms in total. The van der Waals surface area contributed by atoms with Crippen molar-refractivity contribution in [3.63, 3.8) is 0 Å². The van der Waals surface area contributed by atoms with Crippen molar-refractivity contribution < 1.29 is 27.4 Å². The van der Waals surface area contributed by atoms with Crippen LogP contribution in [0.15, 0.2) is 72.8 Å². The summed E-state index contributed by atoms with van der Waals surface area (Å²) < 4.78 is 49.2. The Kier molecular flexibility index (Phi) is 5.54. The molecule has 1 N–H and O–H groups in total. The number of carbonyl (C=O) groups is 1. The van der Waals surface area contributed by atoms with Gasteiger partial charge in [-0.25, -0.2) is 4.79 Å². The minimum Gasteiger partial charge on any atom is -0.497 e. The molecule has 0 aromatic heterocycles. The van der Waals surface area contributed by atoms with Gasteiger partial charge in [0.25, 0.3) is 0 Å². The van der Waals surface area contributed by atoms with Gasteiger partial charge in [-0.15, -0.1) is 0 Å². The third-order valence-corrected chi connectivity index (χ3v) is 3.87. The summed E-state index contributed by atoms with van der Waals surface area (Å²) in [6, 6.07) is 17.7. The lowest BCUT2D eigenvalue weighted by Crippen LogP contribution is -2.11. The highest BCUT2D eigenvalue weighted by Gasteiger charge is 2.30. The summed E-state index contributed by atoms with van der Waals surface area (Å²) in [4.78, 5) is 12.6. The Morgan fingerprint density at radius 2 is 1.61 bits per heavy atom. The first-order chi connectivity index (χ1) is 13.4. The zero-order chi connectivity index (χ0) is 20.1. The number of halogens is 3. The second-order valence-electron chi connectivity index (χ2n) is 5.82. The van der Waals surface area contributed by atoms with Gasteiger partial charge in [0.15, 0.2) is 0 Å². The SMILES string of the molecule is COc1cccc(OC(=O)c2ccccc2Nc2cccc(C(F)(F)F)c2)c1. The zero-order valence-electron chi connectivity index (χ0n) is 14.8. The van der Waals surface area contributed by atoms with Gasteiger partial charge in [-0.2, -0.15) is 13.2 Å². The molecule has 0 saturated heterocycles. The van der Waals surface area contributed by atoms with Crippen LogP contribution in [0.3, 0.4) is 0 Å². The highest BCUT2D eigenvalue weighted by Crippen LogP contribution is 2.32. The van der Waals surface area contributed by atoms with Crippen molar-refractivity contribution in [3.05, 3.63) is 83.9 Å². The van der Waals surface area contributed by atoms with Crippen molar-refractivity contribution in [1.82, 2.24) is 0 Å². The fraction of sp³-hybridized carbons (Fsp3) is 0.0952. The number of rotatable bonds is 5. The Morgan fingerprint density at radius 1 is 0.893 bits per heavy atom. The molecule has 0 fully saturated rings. The normalized spacial score (nSPS) is 11.0. The molecule has 0 saturated carbocycles. The molecular formula is C21H16F3NO3. The van der Waals surface area contributed by atoms with Gasteiger partial charge in [0.2, 0.25) is 0 Å². The van der Waals surface area contributed by atoms with Gasteiger partial charge < -0.3 is 14.8 Å². The third kappa shape index (κ3) is 4.62. The molecule has 0 radical (unpaired) electrons. The predicted octanol–water partition coefficient (Wildman–Crippen LogP) is 5.68. The Morgan fingerprint density at radius 3 is 2.36 bits per heavy atom. The van der Waals surface area contributed by atoms with E-state index >= 15 is 0 Å². The molecule has 0 aliphatic rings. The van der Waals surface area contributed by atoms with Gasteiger partial charge in [0, 0.05) is 11.8 Å². The molecule has 0 heterocycles. The Labute approximate surface area is 159 Å². The summed E-state index contributed by atoms with van der Waals surface area (Å²) in [7, 11) is 1.50. The van der Waals surface area contributed by atoms with E-state index in [1.165, 1.54) is 25.3 Å². The van der Waals surface area contributed by atoms with Gasteiger partial charge in [0.05, 0.1) is 23.9 Å². The summed E-state index contributed by atoms with van der Waals surface area (Å²) in [6.45, 7) is 0. The van der Waals surface area contributed by atoms with Crippen LogP contribution in [0.4, 0.5) is 24.5 Å². The van der Waals surface area contributed by atoms with Gasteiger partial charge in [-0.05, 0) is 42.5 Å². The topological polar surface area (TPSA) is 47.6 Å². The lowest BCUT2D eigenvalue weighted by atomic mass is 10.1. The van der Waals surface area contributed by atoms with E-state index in [2.05, 4.69) is 5.32 Å². The predicted molar refractivity (Wildman–Crippen MR) is 99.1 cm³/mol. The molecule has 0 aliphatic carbocycles. The number of hydrogen-bond donors (Lipinski definition) is 1. The molecule has 0 atom stereocenters. The average molecular weight is 387 g/mol. The Bertz CT molecular complexity index is 986. The van der Waals surface area contributed by atoms with E-state index in [-0.39, 0.29) is 11.3 Å². The molecule has 3 rings (SSSR count). The van der Waals surface area contributed by atoms with E-state index in [1.807, 2.05) is 0 Å². The minimum absolute atomic E-state index is 0.183. The highest BCUT2D eigenvalue weighted by molar-refractivity contribution is 5.97. The van der Waals surface area contributed by atoms with Crippen LogP contribution in [-0.4, -0.2) is 13.1 Å². The van der Waals surface area contributed by atoms with Crippen LogP contribution in [0, 0.1) is 0 Å². The van der Waals surface area contributed by atoms with Gasteiger partial charge in [-0.1, -0.05) is 24.3 Å². The average Bonchev–Trinajstić information content (AvgIpc) is 2.68. The van der Waals surface area contributed by atoms with E-state index < -0.39 is 17.7 Å². The van der Waals surface area contributed by atoms with Crippen LogP contribution in [0.1, 0.15) is 15.9 Å². The zero-order valence-corrected chi connectivity index (χ0v) is 14.8. The van der Waals surface area contributed by atoms with E-state index in [4.69, 9.17) is 9.47 Å². The monoisotopic (exact) mass is 387 g/mol. The van der Waals surface area contributed by atoms with E-state index in [1.54, 1.807) is 42.5 Å². The maximum Gasteiger partial charge on any atom is 0.416 e. The van der Waals surface area contributed by atoms with Crippen molar-refractivity contribution >= 4 is 17.3 Å². The molecule has 144 valence electrons. The number of methoxy groups -OCH3 is 1. The molecule has 0 spiro atoms. The van der Waals surface area contributed by atoms with E-state index in [0.717, 1.165) is 12.1 Å². The molecule has 0 unspecified atom stereocenters. The Hall–Kier alpha value is -3.48. The maximum absolute atomic E-state index is 12.9. The maximum atomic E-state index is 12.9. The number of nitrogens with one attached hydrogen (secondary N) is 1. The first-order valence-electron chi connectivity index (χ1n) is 8.26. The van der Waals surface area contributed by atoms with Gasteiger partial charge in [0.1, 0.15) is 11.5 Å². The first-order valence-corrected chi connectivity index (χ1v) is 8.26. The minimum atomic E-state index is -4.46. The lowest BCUT2D eigenvalue weighted by molar-refractivity contribution is -0.137. The molecule has 0 amide bonds. The number of ether oxygens (including phenoxy) is 2. The van der Waals surface area contributed by atoms with Gasteiger partial charge in [-0.3, -0.25) is 0 Å². The molecule has 0 aliphatic heterocycles. The van der Waals surface area contributed by atoms with Crippen molar-refractivity contribution in [2.45, 2.75) is 6.18 Å². The van der Waals surface area contributed by atoms with Gasteiger partial charge >= 0.3 is 12.1 Å². The van der Waals surface area contributed by atoms with Crippen LogP contribution in [0.5, 0.6) is 11.5 Å². The Balaban J connectivity index is 1.84. The van der Waals surface area contributed by atoms with E-state index in [0.29, 0.717) is 17.2 Å². The highest BCUT2D eigenvalue weighted by atomic mass is 19.4. The summed E-state index contributed by atoms with van der Waals surface area (Å²) >= 11 is 0. The molecule has 3 aromatic rings. The number of hydrogen-bond acceptors (Lipinski definition) is 4. The van der Waals surface area contributed by atoms with Crippen molar-refractivity contribution in [1.29, 1.82) is 0 Å². The summed E-state index contributed by atoms with van der Waals surface area (Å²) in [5.74, 6) is 0.169. The molecule has 0 bridgehead atoms. The van der Waals surface area contributed by atoms with Crippen LogP contribution in [0.2, 0.25) is 0 Å². The number of esters is 1. The summed E-state index contributed by atoms with van der Waals surface area (Å²) in [5.41, 5.74) is -0.0668. The van der Waals surface area contributed by atoms with Crippen LogP contribution >= 0.6 is 0 Å². The molecule has 28 heavy (non-hydrogen) atoms. The second-order valence-corrected chi connectivity index (χ2v) is 5.82. The van der Waals surface area contributed by atoms with Crippen LogP contribution in [0.25, 0.3) is 0 Å². The number of benzene rings is 3. The smallest absolute Gasteiger partial charge is 0.416 e. The number of alkyl halides is 3. The van der Waals surface area contributed by atoms with Crippen LogP contribution in [-0.2, 0) is 6.18 Å². The van der Waals surface area contributed by atoms with Crippen molar-refractivity contribution in [2.75, 3.05) is 12.4 Å². The summed E-state index contributed by atoms with van der Waals surface area (Å²) in [6.07, 6.45) is -4.46. The van der Waals surface area contributed by atoms with Crippen molar-refractivity contribution in [3.8, 4) is 11.5 Å². The molecule has 3 aromatic carbocycles. The van der Waals surface area contributed by atoms with E-state index in [9.17, 15) is 18.0 Å². The fourth-order valence-corrected chi connectivity index (χ4v) is 2.53. The first kappa shape index (κ1) is 19.3. The number of anilines is 2.